The summed E-state index contributed by atoms with van der Waals surface area (Å²) in [6.07, 6.45) is 5.40. The number of carbonyl (C=O) groups excluding carboxylic acids is 1. The third kappa shape index (κ3) is 2.54. The fourth-order valence-corrected chi connectivity index (χ4v) is 3.96. The second-order valence-corrected chi connectivity index (χ2v) is 7.16. The Morgan fingerprint density at radius 2 is 2.00 bits per heavy atom. The summed E-state index contributed by atoms with van der Waals surface area (Å²) in [5, 5.41) is 3.38. The Labute approximate surface area is 130 Å². The van der Waals surface area contributed by atoms with Crippen LogP contribution in [0.2, 0.25) is 0 Å². The van der Waals surface area contributed by atoms with Gasteiger partial charge in [-0.1, -0.05) is 18.2 Å². The van der Waals surface area contributed by atoms with Crippen LogP contribution in [0.1, 0.15) is 37.7 Å². The molecule has 3 aliphatic rings. The molecule has 0 bridgehead atoms. The molecule has 4 heteroatoms. The summed E-state index contributed by atoms with van der Waals surface area (Å²) in [6.45, 7) is 2.49. The molecule has 1 aromatic rings. The number of nitrogens with zero attached hydrogens (tertiary/aromatic N) is 1. The maximum atomic E-state index is 13.9. The van der Waals surface area contributed by atoms with E-state index in [1.165, 1.54) is 6.07 Å². The van der Waals surface area contributed by atoms with Gasteiger partial charge < -0.3 is 10.2 Å². The van der Waals surface area contributed by atoms with Crippen LogP contribution in [-0.4, -0.2) is 29.9 Å². The molecule has 2 aliphatic carbocycles. The van der Waals surface area contributed by atoms with Crippen molar-refractivity contribution in [2.75, 3.05) is 13.1 Å². The summed E-state index contributed by atoms with van der Waals surface area (Å²) < 4.78 is 13.9. The zero-order chi connectivity index (χ0) is 15.2. The van der Waals surface area contributed by atoms with E-state index in [2.05, 4.69) is 5.32 Å². The lowest BCUT2D eigenvalue weighted by Gasteiger charge is -2.27. The van der Waals surface area contributed by atoms with Crippen LogP contribution in [0, 0.1) is 17.2 Å². The zero-order valence-corrected chi connectivity index (χ0v) is 12.9. The third-order valence-electron chi connectivity index (χ3n) is 5.66. The number of piperidine rings is 1. The van der Waals surface area contributed by atoms with E-state index in [1.54, 1.807) is 12.1 Å². The summed E-state index contributed by atoms with van der Waals surface area (Å²) in [4.78, 5) is 14.9. The van der Waals surface area contributed by atoms with Crippen LogP contribution in [0.15, 0.2) is 24.3 Å². The summed E-state index contributed by atoms with van der Waals surface area (Å²) in [5.41, 5.74) is 0.896. The van der Waals surface area contributed by atoms with Crippen molar-refractivity contribution in [2.24, 2.45) is 11.3 Å². The molecule has 1 atom stereocenters. The van der Waals surface area contributed by atoms with Gasteiger partial charge >= 0.3 is 0 Å². The number of nitrogens with one attached hydrogen (secondary N) is 1. The van der Waals surface area contributed by atoms with Gasteiger partial charge in [-0.2, -0.15) is 0 Å². The highest BCUT2D eigenvalue weighted by atomic mass is 19.1. The van der Waals surface area contributed by atoms with Crippen LogP contribution < -0.4 is 5.32 Å². The van der Waals surface area contributed by atoms with E-state index in [0.717, 1.165) is 45.2 Å². The highest BCUT2D eigenvalue weighted by Gasteiger charge is 2.59. The predicted octanol–water partition coefficient (Wildman–Crippen LogP) is 2.71. The van der Waals surface area contributed by atoms with Gasteiger partial charge in [-0.15, -0.1) is 0 Å². The van der Waals surface area contributed by atoms with Crippen LogP contribution >= 0.6 is 0 Å². The number of hydrogen-bond acceptors (Lipinski definition) is 2. The van der Waals surface area contributed by atoms with E-state index in [9.17, 15) is 9.18 Å². The minimum atomic E-state index is -0.201. The van der Waals surface area contributed by atoms with Crippen LogP contribution in [-0.2, 0) is 11.3 Å². The third-order valence-corrected chi connectivity index (χ3v) is 5.66. The highest BCUT2D eigenvalue weighted by Crippen LogP contribution is 2.59. The maximum absolute atomic E-state index is 13.9. The van der Waals surface area contributed by atoms with Crippen molar-refractivity contribution < 1.29 is 9.18 Å². The Balaban J connectivity index is 1.48. The first-order chi connectivity index (χ1) is 10.7. The lowest BCUT2D eigenvalue weighted by Crippen LogP contribution is -2.37. The van der Waals surface area contributed by atoms with Gasteiger partial charge in [0, 0.05) is 24.1 Å². The molecule has 1 N–H and O–H groups in total. The number of halogens is 1. The van der Waals surface area contributed by atoms with Gasteiger partial charge in [0.05, 0.1) is 0 Å². The van der Waals surface area contributed by atoms with Crippen molar-refractivity contribution in [3.05, 3.63) is 35.6 Å². The number of amides is 1. The molecule has 0 radical (unpaired) electrons. The molecule has 3 fully saturated rings. The van der Waals surface area contributed by atoms with Crippen LogP contribution in [0.4, 0.5) is 4.39 Å². The standard InChI is InChI=1S/C18H23FN2O/c19-16-4-2-1-3-13(16)12-21(14-5-6-14)17(22)15-11-18(15)7-9-20-10-8-18/h1-4,14-15,20H,5-12H2. The molecule has 1 spiro atoms. The van der Waals surface area contributed by atoms with Gasteiger partial charge in [-0.05, 0) is 56.7 Å². The van der Waals surface area contributed by atoms with Crippen molar-refractivity contribution in [3.63, 3.8) is 0 Å². The minimum Gasteiger partial charge on any atom is -0.335 e. The molecule has 22 heavy (non-hydrogen) atoms. The summed E-state index contributed by atoms with van der Waals surface area (Å²) in [6, 6.07) is 7.17. The average molecular weight is 302 g/mol. The first-order valence-electron chi connectivity index (χ1n) is 8.44. The van der Waals surface area contributed by atoms with Crippen molar-refractivity contribution in [3.8, 4) is 0 Å². The van der Waals surface area contributed by atoms with Gasteiger partial charge in [0.15, 0.2) is 0 Å². The Bertz CT molecular complexity index is 578. The number of carbonyl (C=O) groups is 1. The smallest absolute Gasteiger partial charge is 0.226 e. The Morgan fingerprint density at radius 3 is 2.68 bits per heavy atom. The van der Waals surface area contributed by atoms with E-state index in [0.29, 0.717) is 18.2 Å². The summed E-state index contributed by atoms with van der Waals surface area (Å²) in [7, 11) is 0. The molecule has 1 heterocycles. The van der Waals surface area contributed by atoms with Crippen molar-refractivity contribution >= 4 is 5.91 Å². The fraction of sp³-hybridized carbons (Fsp3) is 0.611. The quantitative estimate of drug-likeness (QED) is 0.927. The number of benzene rings is 1. The molecule has 1 aliphatic heterocycles. The second kappa shape index (κ2) is 5.34. The van der Waals surface area contributed by atoms with Gasteiger partial charge in [-0.3, -0.25) is 4.79 Å². The SMILES string of the molecule is O=C(C1CC12CCNCC2)N(Cc1ccccc1F)C1CC1. The zero-order valence-electron chi connectivity index (χ0n) is 12.9. The summed E-state index contributed by atoms with van der Waals surface area (Å²) >= 11 is 0. The van der Waals surface area contributed by atoms with Gasteiger partial charge in [-0.25, -0.2) is 4.39 Å². The molecule has 1 saturated heterocycles. The van der Waals surface area contributed by atoms with Crippen molar-refractivity contribution in [2.45, 2.75) is 44.7 Å². The highest BCUT2D eigenvalue weighted by molar-refractivity contribution is 5.83. The largest absolute Gasteiger partial charge is 0.335 e. The lowest BCUT2D eigenvalue weighted by molar-refractivity contribution is -0.134. The minimum absolute atomic E-state index is 0.182. The molecule has 2 saturated carbocycles. The molecular formula is C18H23FN2O. The molecule has 1 amide bonds. The average Bonchev–Trinajstić information content (AvgIpc) is 3.44. The molecule has 1 aromatic carbocycles. The van der Waals surface area contributed by atoms with Gasteiger partial charge in [0.25, 0.3) is 0 Å². The van der Waals surface area contributed by atoms with Gasteiger partial charge in [0.1, 0.15) is 5.82 Å². The van der Waals surface area contributed by atoms with E-state index in [1.807, 2.05) is 11.0 Å². The number of hydrogen-bond donors (Lipinski definition) is 1. The Morgan fingerprint density at radius 1 is 1.27 bits per heavy atom. The van der Waals surface area contributed by atoms with E-state index in [4.69, 9.17) is 0 Å². The molecule has 0 aromatic heterocycles. The Hall–Kier alpha value is -1.42. The topological polar surface area (TPSA) is 32.3 Å². The first-order valence-corrected chi connectivity index (χ1v) is 8.44. The van der Waals surface area contributed by atoms with Crippen molar-refractivity contribution in [1.82, 2.24) is 10.2 Å². The van der Waals surface area contributed by atoms with Crippen LogP contribution in [0.3, 0.4) is 0 Å². The molecule has 118 valence electrons. The van der Waals surface area contributed by atoms with Crippen LogP contribution in [0.5, 0.6) is 0 Å². The maximum Gasteiger partial charge on any atom is 0.226 e. The predicted molar refractivity (Wildman–Crippen MR) is 82.6 cm³/mol. The molecular weight excluding hydrogens is 279 g/mol. The number of rotatable bonds is 4. The normalized spacial score (nSPS) is 26.0. The molecule has 1 unspecified atom stereocenters. The monoisotopic (exact) mass is 302 g/mol. The summed E-state index contributed by atoms with van der Waals surface area (Å²) in [5.74, 6) is 0.253. The van der Waals surface area contributed by atoms with Crippen molar-refractivity contribution in [1.29, 1.82) is 0 Å². The van der Waals surface area contributed by atoms with E-state index < -0.39 is 0 Å². The second-order valence-electron chi connectivity index (χ2n) is 7.16. The van der Waals surface area contributed by atoms with Crippen LogP contribution in [0.25, 0.3) is 0 Å². The Kier molecular flexibility index (Phi) is 3.44. The van der Waals surface area contributed by atoms with Gasteiger partial charge in [0.2, 0.25) is 5.91 Å². The first kappa shape index (κ1) is 14.2. The molecule has 4 rings (SSSR count). The fourth-order valence-electron chi connectivity index (χ4n) is 3.96. The van der Waals surface area contributed by atoms with E-state index >= 15 is 0 Å². The molecule has 3 nitrogen and oxygen atoms in total. The lowest BCUT2D eigenvalue weighted by atomic mass is 9.91. The van der Waals surface area contributed by atoms with E-state index in [-0.39, 0.29) is 23.1 Å².